The number of hydrogen-bond donors (Lipinski definition) is 1. The van der Waals surface area contributed by atoms with Crippen LogP contribution in [0.5, 0.6) is 0 Å². The van der Waals surface area contributed by atoms with Gasteiger partial charge >= 0.3 is 5.97 Å². The minimum absolute atomic E-state index is 0.0765. The highest BCUT2D eigenvalue weighted by Crippen LogP contribution is 2.22. The number of nitro benzene ring substituents is 1. The number of nitrogens with zero attached hydrogens (tertiary/aromatic N) is 1. The molecule has 130 valence electrons. The Morgan fingerprint density at radius 2 is 1.92 bits per heavy atom. The molecule has 0 saturated heterocycles. The van der Waals surface area contributed by atoms with E-state index < -0.39 is 28.3 Å². The van der Waals surface area contributed by atoms with Crippen molar-refractivity contribution in [3.05, 3.63) is 67.9 Å². The van der Waals surface area contributed by atoms with E-state index in [-0.39, 0.29) is 23.4 Å². The van der Waals surface area contributed by atoms with Gasteiger partial charge in [0, 0.05) is 22.2 Å². The van der Waals surface area contributed by atoms with Gasteiger partial charge < -0.3 is 10.1 Å². The van der Waals surface area contributed by atoms with E-state index in [0.717, 1.165) is 24.3 Å². The van der Waals surface area contributed by atoms with E-state index in [1.165, 1.54) is 12.1 Å². The number of esters is 1. The van der Waals surface area contributed by atoms with Gasteiger partial charge in [0.25, 0.3) is 11.6 Å². The van der Waals surface area contributed by atoms with Crippen LogP contribution in [-0.4, -0.2) is 23.4 Å². The molecule has 0 aliphatic rings. The van der Waals surface area contributed by atoms with Crippen LogP contribution in [0.1, 0.15) is 27.6 Å². The zero-order chi connectivity index (χ0) is 18.6. The molecule has 2 aromatic carbocycles. The SMILES string of the molecule is CCOC(=O)c1cc(C(=O)Nc2ccc(Br)cc2F)cc([N+](=O)[O-])c1. The van der Waals surface area contributed by atoms with Gasteiger partial charge in [0.05, 0.1) is 22.8 Å². The lowest BCUT2D eigenvalue weighted by molar-refractivity contribution is -0.384. The first kappa shape index (κ1) is 18.5. The monoisotopic (exact) mass is 410 g/mol. The number of amides is 1. The molecule has 0 aliphatic heterocycles. The number of halogens is 2. The first-order valence-electron chi connectivity index (χ1n) is 7.04. The summed E-state index contributed by atoms with van der Waals surface area (Å²) < 4.78 is 19.1. The summed E-state index contributed by atoms with van der Waals surface area (Å²) in [4.78, 5) is 34.4. The second kappa shape index (κ2) is 7.84. The molecular formula is C16H12BrFN2O5. The van der Waals surface area contributed by atoms with Crippen molar-refractivity contribution in [2.45, 2.75) is 6.92 Å². The Morgan fingerprint density at radius 1 is 1.24 bits per heavy atom. The van der Waals surface area contributed by atoms with Crippen LogP contribution in [0.3, 0.4) is 0 Å². The second-order valence-corrected chi connectivity index (χ2v) is 5.74. The van der Waals surface area contributed by atoms with Crippen LogP contribution in [0.25, 0.3) is 0 Å². The molecule has 2 aromatic rings. The van der Waals surface area contributed by atoms with Gasteiger partial charge in [-0.15, -0.1) is 0 Å². The lowest BCUT2D eigenvalue weighted by atomic mass is 10.1. The molecule has 2 rings (SSSR count). The highest BCUT2D eigenvalue weighted by Gasteiger charge is 2.19. The number of carbonyl (C=O) groups is 2. The fourth-order valence-electron chi connectivity index (χ4n) is 1.97. The van der Waals surface area contributed by atoms with E-state index in [2.05, 4.69) is 21.2 Å². The molecule has 0 saturated carbocycles. The Kier molecular flexibility index (Phi) is 5.81. The summed E-state index contributed by atoms with van der Waals surface area (Å²) in [7, 11) is 0. The Labute approximate surface area is 150 Å². The third-order valence-corrected chi connectivity index (χ3v) is 3.57. The zero-order valence-corrected chi connectivity index (χ0v) is 14.5. The zero-order valence-electron chi connectivity index (χ0n) is 12.9. The maximum atomic E-state index is 13.8. The van der Waals surface area contributed by atoms with Crippen molar-refractivity contribution in [2.75, 3.05) is 11.9 Å². The Balaban J connectivity index is 2.37. The van der Waals surface area contributed by atoms with Crippen molar-refractivity contribution in [3.63, 3.8) is 0 Å². The Morgan fingerprint density at radius 3 is 2.52 bits per heavy atom. The van der Waals surface area contributed by atoms with Gasteiger partial charge in [0.15, 0.2) is 0 Å². The maximum absolute atomic E-state index is 13.8. The van der Waals surface area contributed by atoms with Crippen molar-refractivity contribution in [1.29, 1.82) is 0 Å². The predicted octanol–water partition coefficient (Wildman–Crippen LogP) is 3.93. The summed E-state index contributed by atoms with van der Waals surface area (Å²) >= 11 is 3.09. The van der Waals surface area contributed by atoms with Gasteiger partial charge in [-0.1, -0.05) is 15.9 Å². The van der Waals surface area contributed by atoms with Crippen molar-refractivity contribution in [2.24, 2.45) is 0 Å². The van der Waals surface area contributed by atoms with Crippen LogP contribution in [-0.2, 0) is 4.74 Å². The van der Waals surface area contributed by atoms with Crippen LogP contribution in [0.2, 0.25) is 0 Å². The van der Waals surface area contributed by atoms with E-state index in [4.69, 9.17) is 4.74 Å². The smallest absolute Gasteiger partial charge is 0.338 e. The van der Waals surface area contributed by atoms with Crippen LogP contribution >= 0.6 is 15.9 Å². The lowest BCUT2D eigenvalue weighted by Crippen LogP contribution is -2.15. The number of non-ortho nitro benzene ring substituents is 1. The van der Waals surface area contributed by atoms with Gasteiger partial charge in [-0.05, 0) is 31.2 Å². The van der Waals surface area contributed by atoms with E-state index in [9.17, 15) is 24.1 Å². The highest BCUT2D eigenvalue weighted by atomic mass is 79.9. The quantitative estimate of drug-likeness (QED) is 0.457. The Hall–Kier alpha value is -2.81. The number of anilines is 1. The fraction of sp³-hybridized carbons (Fsp3) is 0.125. The molecule has 0 heterocycles. The van der Waals surface area contributed by atoms with Crippen molar-refractivity contribution in [1.82, 2.24) is 0 Å². The molecule has 25 heavy (non-hydrogen) atoms. The van der Waals surface area contributed by atoms with Gasteiger partial charge in [0.1, 0.15) is 5.82 Å². The molecule has 1 amide bonds. The van der Waals surface area contributed by atoms with Crippen LogP contribution in [0, 0.1) is 15.9 Å². The number of nitrogens with one attached hydrogen (secondary N) is 1. The van der Waals surface area contributed by atoms with Gasteiger partial charge in [-0.3, -0.25) is 14.9 Å². The first-order valence-corrected chi connectivity index (χ1v) is 7.84. The maximum Gasteiger partial charge on any atom is 0.338 e. The third kappa shape index (κ3) is 4.60. The van der Waals surface area contributed by atoms with Gasteiger partial charge in [0.2, 0.25) is 0 Å². The van der Waals surface area contributed by atoms with E-state index in [0.29, 0.717) is 4.47 Å². The highest BCUT2D eigenvalue weighted by molar-refractivity contribution is 9.10. The standard InChI is InChI=1S/C16H12BrFN2O5/c1-2-25-16(22)10-5-9(6-12(7-10)20(23)24)15(21)19-14-4-3-11(17)8-13(14)18/h3-8H,2H2,1H3,(H,19,21). The summed E-state index contributed by atoms with van der Waals surface area (Å²) in [6, 6.07) is 7.17. The molecule has 0 spiro atoms. The summed E-state index contributed by atoms with van der Waals surface area (Å²) in [6.45, 7) is 1.66. The van der Waals surface area contributed by atoms with Crippen LogP contribution in [0.4, 0.5) is 15.8 Å². The topological polar surface area (TPSA) is 98.5 Å². The van der Waals surface area contributed by atoms with Crippen molar-refractivity contribution < 1.29 is 23.6 Å². The summed E-state index contributed by atoms with van der Waals surface area (Å²) in [5.74, 6) is -2.27. The first-order chi connectivity index (χ1) is 11.8. The molecule has 7 nitrogen and oxygen atoms in total. The van der Waals surface area contributed by atoms with Gasteiger partial charge in [-0.2, -0.15) is 0 Å². The number of ether oxygens (including phenoxy) is 1. The molecule has 0 atom stereocenters. The number of carbonyl (C=O) groups excluding carboxylic acids is 2. The molecule has 9 heteroatoms. The minimum atomic E-state index is -0.796. The van der Waals surface area contributed by atoms with Crippen LogP contribution in [0.15, 0.2) is 40.9 Å². The molecule has 0 aliphatic carbocycles. The van der Waals surface area contributed by atoms with Crippen molar-refractivity contribution in [3.8, 4) is 0 Å². The van der Waals surface area contributed by atoms with Crippen molar-refractivity contribution >= 4 is 39.2 Å². The largest absolute Gasteiger partial charge is 0.462 e. The minimum Gasteiger partial charge on any atom is -0.462 e. The number of rotatable bonds is 5. The van der Waals surface area contributed by atoms with E-state index in [1.807, 2.05) is 0 Å². The van der Waals surface area contributed by atoms with Gasteiger partial charge in [-0.25, -0.2) is 9.18 Å². The summed E-state index contributed by atoms with van der Waals surface area (Å²) in [6.07, 6.45) is 0. The second-order valence-electron chi connectivity index (χ2n) is 4.82. The number of hydrogen-bond acceptors (Lipinski definition) is 5. The molecule has 0 unspecified atom stereocenters. The average molecular weight is 411 g/mol. The Bertz CT molecular complexity index is 856. The molecule has 0 aromatic heterocycles. The van der Waals surface area contributed by atoms with E-state index in [1.54, 1.807) is 6.92 Å². The van der Waals surface area contributed by atoms with E-state index >= 15 is 0 Å². The molecule has 0 radical (unpaired) electrons. The fourth-order valence-corrected chi connectivity index (χ4v) is 2.30. The molecule has 0 bridgehead atoms. The summed E-state index contributed by atoms with van der Waals surface area (Å²) in [5.41, 5.74) is -0.860. The average Bonchev–Trinajstić information content (AvgIpc) is 2.57. The molecule has 0 fully saturated rings. The summed E-state index contributed by atoms with van der Waals surface area (Å²) in [5, 5.41) is 13.3. The molecule has 1 N–H and O–H groups in total. The third-order valence-electron chi connectivity index (χ3n) is 3.08. The lowest BCUT2D eigenvalue weighted by Gasteiger charge is -2.08. The normalized spacial score (nSPS) is 10.2. The predicted molar refractivity (Wildman–Crippen MR) is 91.1 cm³/mol. The number of nitro groups is 1. The molecular weight excluding hydrogens is 399 g/mol. The van der Waals surface area contributed by atoms with Crippen LogP contribution < -0.4 is 5.32 Å². The number of benzene rings is 2.